The highest BCUT2D eigenvalue weighted by Gasteiger charge is 2.12. The lowest BCUT2D eigenvalue weighted by Crippen LogP contribution is -1.94. The molecule has 1 heterocycles. The number of benzene rings is 2. The Hall–Kier alpha value is -2.27. The molecule has 0 unspecified atom stereocenters. The summed E-state index contributed by atoms with van der Waals surface area (Å²) in [5.74, 6) is -1.31. The molecule has 0 saturated carbocycles. The number of halogens is 1. The fraction of sp³-hybridized carbons (Fsp3) is 0.0667. The second-order valence-corrected chi connectivity index (χ2v) is 5.52. The van der Waals surface area contributed by atoms with Gasteiger partial charge in [0, 0.05) is 5.56 Å². The van der Waals surface area contributed by atoms with Crippen molar-refractivity contribution in [3.8, 4) is 10.6 Å². The van der Waals surface area contributed by atoms with Gasteiger partial charge in [0.25, 0.3) is 0 Å². The highest BCUT2D eigenvalue weighted by atomic mass is 32.1. The van der Waals surface area contributed by atoms with Gasteiger partial charge in [-0.3, -0.25) is 0 Å². The first-order valence-electron chi connectivity index (χ1n) is 5.95. The first-order valence-corrected chi connectivity index (χ1v) is 6.76. The topological polar surface area (TPSA) is 50.2 Å². The first-order chi connectivity index (χ1) is 9.54. The van der Waals surface area contributed by atoms with Crippen LogP contribution in [0.3, 0.4) is 0 Å². The number of carboxylic acid groups (broad SMARTS) is 1. The van der Waals surface area contributed by atoms with Gasteiger partial charge in [0.2, 0.25) is 0 Å². The lowest BCUT2D eigenvalue weighted by Gasteiger charge is -1.99. The second-order valence-electron chi connectivity index (χ2n) is 4.49. The Kier molecular flexibility index (Phi) is 2.99. The van der Waals surface area contributed by atoms with Crippen LogP contribution in [0.2, 0.25) is 0 Å². The predicted octanol–water partition coefficient (Wildman–Crippen LogP) is 4.11. The molecule has 0 bridgehead atoms. The largest absolute Gasteiger partial charge is 0.478 e. The number of rotatable bonds is 2. The Bertz CT molecular complexity index is 826. The molecule has 0 aliphatic heterocycles. The highest BCUT2D eigenvalue weighted by molar-refractivity contribution is 7.21. The van der Waals surface area contributed by atoms with Crippen LogP contribution in [0.25, 0.3) is 20.8 Å². The predicted molar refractivity (Wildman–Crippen MR) is 76.7 cm³/mol. The van der Waals surface area contributed by atoms with Crippen LogP contribution in [0.15, 0.2) is 36.4 Å². The molecule has 100 valence electrons. The molecule has 0 spiro atoms. The van der Waals surface area contributed by atoms with Crippen LogP contribution >= 0.6 is 11.3 Å². The summed E-state index contributed by atoms with van der Waals surface area (Å²) in [6.07, 6.45) is 0. The van der Waals surface area contributed by atoms with Crippen molar-refractivity contribution in [3.05, 3.63) is 53.3 Å². The summed E-state index contributed by atoms with van der Waals surface area (Å²) >= 11 is 1.29. The number of carboxylic acids is 1. The third-order valence-electron chi connectivity index (χ3n) is 2.99. The van der Waals surface area contributed by atoms with Gasteiger partial charge in [-0.1, -0.05) is 11.6 Å². The summed E-state index contributed by atoms with van der Waals surface area (Å²) in [5, 5.41) is 9.53. The normalized spacial score (nSPS) is 10.9. The number of aromatic nitrogens is 1. The molecule has 1 N–H and O–H groups in total. The number of nitrogens with zero attached hydrogens (tertiary/aromatic N) is 1. The van der Waals surface area contributed by atoms with E-state index < -0.39 is 5.97 Å². The standard InChI is InChI=1S/C15H10FNO2S/c1-8-2-4-11(16)10(6-8)14-17-12-5-3-9(15(18)19)7-13(12)20-14/h2-7H,1H3,(H,18,19). The number of hydrogen-bond donors (Lipinski definition) is 1. The van der Waals surface area contributed by atoms with E-state index in [-0.39, 0.29) is 11.4 Å². The van der Waals surface area contributed by atoms with Gasteiger partial charge in [-0.05, 0) is 37.3 Å². The van der Waals surface area contributed by atoms with Gasteiger partial charge in [-0.25, -0.2) is 14.2 Å². The maximum Gasteiger partial charge on any atom is 0.335 e. The zero-order chi connectivity index (χ0) is 14.3. The van der Waals surface area contributed by atoms with E-state index >= 15 is 0 Å². The Morgan fingerprint density at radius 1 is 1.25 bits per heavy atom. The van der Waals surface area contributed by atoms with Gasteiger partial charge in [-0.15, -0.1) is 11.3 Å². The van der Waals surface area contributed by atoms with Gasteiger partial charge in [0.05, 0.1) is 15.8 Å². The number of hydrogen-bond acceptors (Lipinski definition) is 3. The fourth-order valence-corrected chi connectivity index (χ4v) is 3.00. The van der Waals surface area contributed by atoms with E-state index in [0.717, 1.165) is 10.3 Å². The minimum Gasteiger partial charge on any atom is -0.478 e. The first kappa shape index (κ1) is 12.7. The molecule has 1 aromatic heterocycles. The van der Waals surface area contributed by atoms with Crippen LogP contribution in [0, 0.1) is 12.7 Å². The van der Waals surface area contributed by atoms with Crippen LogP contribution < -0.4 is 0 Å². The minimum absolute atomic E-state index is 0.206. The summed E-state index contributed by atoms with van der Waals surface area (Å²) in [7, 11) is 0. The average Bonchev–Trinajstić information content (AvgIpc) is 2.83. The molecule has 20 heavy (non-hydrogen) atoms. The molecule has 0 aliphatic carbocycles. The van der Waals surface area contributed by atoms with Crippen LogP contribution in [0.4, 0.5) is 4.39 Å². The Morgan fingerprint density at radius 2 is 2.05 bits per heavy atom. The Labute approximate surface area is 118 Å². The molecule has 0 atom stereocenters. The van der Waals surface area contributed by atoms with Gasteiger partial charge >= 0.3 is 5.97 Å². The molecule has 3 aromatic rings. The van der Waals surface area contributed by atoms with Gasteiger partial charge in [0.1, 0.15) is 10.8 Å². The Morgan fingerprint density at radius 3 is 2.80 bits per heavy atom. The van der Waals surface area contributed by atoms with E-state index in [1.807, 2.05) is 6.92 Å². The van der Waals surface area contributed by atoms with Crippen molar-refractivity contribution in [2.75, 3.05) is 0 Å². The SMILES string of the molecule is Cc1ccc(F)c(-c2nc3ccc(C(=O)O)cc3s2)c1. The number of carbonyl (C=O) groups is 1. The molecule has 0 saturated heterocycles. The summed E-state index contributed by atoms with van der Waals surface area (Å²) in [5.41, 5.74) is 2.28. The number of fused-ring (bicyclic) bond motifs is 1. The smallest absolute Gasteiger partial charge is 0.335 e. The van der Waals surface area contributed by atoms with E-state index in [1.165, 1.54) is 23.5 Å². The number of thiazole rings is 1. The zero-order valence-corrected chi connectivity index (χ0v) is 11.4. The summed E-state index contributed by atoms with van der Waals surface area (Å²) in [4.78, 5) is 15.3. The quantitative estimate of drug-likeness (QED) is 0.771. The lowest BCUT2D eigenvalue weighted by atomic mass is 10.1. The lowest BCUT2D eigenvalue weighted by molar-refractivity contribution is 0.0697. The van der Waals surface area contributed by atoms with Crippen LogP contribution in [0.5, 0.6) is 0 Å². The summed E-state index contributed by atoms with van der Waals surface area (Å²) in [6, 6.07) is 9.57. The Balaban J connectivity index is 2.17. The average molecular weight is 287 g/mol. The van der Waals surface area contributed by atoms with Gasteiger partial charge in [-0.2, -0.15) is 0 Å². The highest BCUT2D eigenvalue weighted by Crippen LogP contribution is 2.32. The molecule has 0 fully saturated rings. The van der Waals surface area contributed by atoms with Crippen molar-refractivity contribution in [2.24, 2.45) is 0 Å². The number of aromatic carboxylic acids is 1. The molecule has 0 amide bonds. The minimum atomic E-state index is -0.983. The van der Waals surface area contributed by atoms with Crippen LogP contribution in [-0.2, 0) is 0 Å². The molecule has 2 aromatic carbocycles. The van der Waals surface area contributed by atoms with E-state index in [2.05, 4.69) is 4.98 Å². The van der Waals surface area contributed by atoms with E-state index in [4.69, 9.17) is 5.11 Å². The van der Waals surface area contributed by atoms with Crippen LogP contribution in [-0.4, -0.2) is 16.1 Å². The van der Waals surface area contributed by atoms with E-state index in [0.29, 0.717) is 16.1 Å². The maximum absolute atomic E-state index is 13.9. The van der Waals surface area contributed by atoms with Crippen molar-refractivity contribution in [2.45, 2.75) is 6.92 Å². The van der Waals surface area contributed by atoms with Gasteiger partial charge in [0.15, 0.2) is 0 Å². The molecule has 0 radical (unpaired) electrons. The van der Waals surface area contributed by atoms with E-state index in [1.54, 1.807) is 24.3 Å². The third kappa shape index (κ3) is 2.16. The second kappa shape index (κ2) is 4.68. The molecule has 5 heteroatoms. The summed E-state index contributed by atoms with van der Waals surface area (Å²) in [6.45, 7) is 1.89. The third-order valence-corrected chi connectivity index (χ3v) is 4.04. The fourth-order valence-electron chi connectivity index (χ4n) is 1.98. The van der Waals surface area contributed by atoms with Crippen molar-refractivity contribution >= 4 is 27.5 Å². The summed E-state index contributed by atoms with van der Waals surface area (Å²) < 4.78 is 14.6. The van der Waals surface area contributed by atoms with E-state index in [9.17, 15) is 9.18 Å². The zero-order valence-electron chi connectivity index (χ0n) is 10.6. The van der Waals surface area contributed by atoms with Crippen molar-refractivity contribution in [1.29, 1.82) is 0 Å². The van der Waals surface area contributed by atoms with Crippen molar-refractivity contribution in [1.82, 2.24) is 4.98 Å². The molecular weight excluding hydrogens is 277 g/mol. The molecule has 3 rings (SSSR count). The molecular formula is C15H10FNO2S. The van der Waals surface area contributed by atoms with Crippen LogP contribution in [0.1, 0.15) is 15.9 Å². The molecule has 3 nitrogen and oxygen atoms in total. The monoisotopic (exact) mass is 287 g/mol. The van der Waals surface area contributed by atoms with Crippen molar-refractivity contribution in [3.63, 3.8) is 0 Å². The van der Waals surface area contributed by atoms with Gasteiger partial charge < -0.3 is 5.11 Å². The maximum atomic E-state index is 13.9. The van der Waals surface area contributed by atoms with Crippen molar-refractivity contribution < 1.29 is 14.3 Å². The number of aryl methyl sites for hydroxylation is 1. The molecule has 0 aliphatic rings.